The Bertz CT molecular complexity index is 1290. The van der Waals surface area contributed by atoms with Crippen molar-refractivity contribution in [2.75, 3.05) is 6.54 Å². The lowest BCUT2D eigenvalue weighted by Gasteiger charge is -2.06. The molecule has 0 fully saturated rings. The Morgan fingerprint density at radius 1 is 1.07 bits per heavy atom. The second kappa shape index (κ2) is 6.81. The summed E-state index contributed by atoms with van der Waals surface area (Å²) >= 11 is 4.96. The number of hydrogen-bond acceptors (Lipinski definition) is 3. The van der Waals surface area contributed by atoms with Gasteiger partial charge in [-0.25, -0.2) is 4.39 Å². The molecule has 0 saturated heterocycles. The first kappa shape index (κ1) is 17.2. The number of rotatable bonds is 4. The summed E-state index contributed by atoms with van der Waals surface area (Å²) in [5, 5.41) is 4.22. The van der Waals surface area contributed by atoms with Gasteiger partial charge in [-0.05, 0) is 60.6 Å². The maximum Gasteiger partial charge on any atom is 0.259 e. The molecule has 6 nitrogen and oxygen atoms in total. The number of aromatic amines is 3. The van der Waals surface area contributed by atoms with E-state index in [1.807, 2.05) is 6.20 Å². The smallest absolute Gasteiger partial charge is 0.259 e. The van der Waals surface area contributed by atoms with Gasteiger partial charge in [0.25, 0.3) is 11.5 Å². The van der Waals surface area contributed by atoms with E-state index in [0.29, 0.717) is 29.4 Å². The van der Waals surface area contributed by atoms with Crippen molar-refractivity contribution in [3.63, 3.8) is 0 Å². The molecule has 0 unspecified atom stereocenters. The number of halogens is 1. The van der Waals surface area contributed by atoms with Gasteiger partial charge >= 0.3 is 0 Å². The molecule has 0 bridgehead atoms. The SMILES string of the molecule is O=C(NCCc1c[nH]c2cc(F)ccc12)c1ccc2c(=O)[nH]c(=S)[nH]c2c1. The van der Waals surface area contributed by atoms with Crippen molar-refractivity contribution >= 4 is 39.9 Å². The first-order valence-corrected chi connectivity index (χ1v) is 8.72. The van der Waals surface area contributed by atoms with Gasteiger partial charge in [0.15, 0.2) is 4.77 Å². The predicted molar refractivity (Wildman–Crippen MR) is 104 cm³/mol. The molecule has 4 rings (SSSR count). The van der Waals surface area contributed by atoms with Crippen molar-refractivity contribution < 1.29 is 9.18 Å². The highest BCUT2D eigenvalue weighted by Crippen LogP contribution is 2.19. The number of H-pyrrole nitrogens is 3. The minimum atomic E-state index is -0.295. The second-order valence-electron chi connectivity index (χ2n) is 6.18. The van der Waals surface area contributed by atoms with E-state index in [0.717, 1.165) is 16.5 Å². The topological polar surface area (TPSA) is 93.5 Å². The summed E-state index contributed by atoms with van der Waals surface area (Å²) in [4.78, 5) is 32.7. The molecule has 0 aliphatic heterocycles. The number of carbonyl (C=O) groups excluding carboxylic acids is 1. The van der Waals surface area contributed by atoms with Crippen LogP contribution < -0.4 is 10.9 Å². The Morgan fingerprint density at radius 2 is 1.89 bits per heavy atom. The van der Waals surface area contributed by atoms with E-state index in [1.165, 1.54) is 12.1 Å². The third-order valence-corrected chi connectivity index (χ3v) is 4.62. The van der Waals surface area contributed by atoms with Crippen LogP contribution in [0.5, 0.6) is 0 Å². The largest absolute Gasteiger partial charge is 0.361 e. The lowest BCUT2D eigenvalue weighted by atomic mass is 10.1. The molecule has 27 heavy (non-hydrogen) atoms. The highest BCUT2D eigenvalue weighted by atomic mass is 32.1. The maximum atomic E-state index is 13.2. The fraction of sp³-hybridized carbons (Fsp3) is 0.105. The molecule has 4 aromatic rings. The Kier molecular flexibility index (Phi) is 4.33. The highest BCUT2D eigenvalue weighted by molar-refractivity contribution is 7.71. The monoisotopic (exact) mass is 382 g/mol. The lowest BCUT2D eigenvalue weighted by molar-refractivity contribution is 0.0954. The van der Waals surface area contributed by atoms with E-state index < -0.39 is 0 Å². The molecule has 0 radical (unpaired) electrons. The summed E-state index contributed by atoms with van der Waals surface area (Å²) in [6.07, 6.45) is 2.42. The Labute approximate surface area is 157 Å². The van der Waals surface area contributed by atoms with E-state index in [4.69, 9.17) is 12.2 Å². The summed E-state index contributed by atoms with van der Waals surface area (Å²) in [5.74, 6) is -0.541. The lowest BCUT2D eigenvalue weighted by Crippen LogP contribution is -2.25. The summed E-state index contributed by atoms with van der Waals surface area (Å²) in [5.41, 5.74) is 2.37. The van der Waals surface area contributed by atoms with Crippen LogP contribution in [-0.4, -0.2) is 27.4 Å². The molecule has 2 aromatic heterocycles. The van der Waals surface area contributed by atoms with Gasteiger partial charge in [0, 0.05) is 29.2 Å². The van der Waals surface area contributed by atoms with Gasteiger partial charge in [0.1, 0.15) is 5.82 Å². The molecular formula is C19H15FN4O2S. The van der Waals surface area contributed by atoms with Crippen molar-refractivity contribution in [1.29, 1.82) is 0 Å². The maximum absolute atomic E-state index is 13.2. The first-order valence-electron chi connectivity index (χ1n) is 8.31. The van der Waals surface area contributed by atoms with E-state index in [2.05, 4.69) is 20.3 Å². The number of carbonyl (C=O) groups is 1. The average molecular weight is 382 g/mol. The van der Waals surface area contributed by atoms with Crippen molar-refractivity contribution in [2.45, 2.75) is 6.42 Å². The van der Waals surface area contributed by atoms with E-state index in [1.54, 1.807) is 24.3 Å². The Hall–Kier alpha value is -3.26. The van der Waals surface area contributed by atoms with Gasteiger partial charge < -0.3 is 15.3 Å². The molecule has 0 spiro atoms. The van der Waals surface area contributed by atoms with Crippen LogP contribution in [0.3, 0.4) is 0 Å². The first-order chi connectivity index (χ1) is 13.0. The number of fused-ring (bicyclic) bond motifs is 2. The molecule has 4 N–H and O–H groups in total. The van der Waals surface area contributed by atoms with Crippen LogP contribution in [0.1, 0.15) is 15.9 Å². The number of benzene rings is 2. The summed E-state index contributed by atoms with van der Waals surface area (Å²) in [6.45, 7) is 0.423. The van der Waals surface area contributed by atoms with Crippen LogP contribution in [-0.2, 0) is 6.42 Å². The number of amides is 1. The number of hydrogen-bond donors (Lipinski definition) is 4. The van der Waals surface area contributed by atoms with E-state index in [9.17, 15) is 14.0 Å². The quantitative estimate of drug-likeness (QED) is 0.409. The van der Waals surface area contributed by atoms with Crippen molar-refractivity contribution in [3.05, 3.63) is 74.7 Å². The van der Waals surface area contributed by atoms with Gasteiger partial charge in [0.05, 0.1) is 10.9 Å². The minimum Gasteiger partial charge on any atom is -0.361 e. The van der Waals surface area contributed by atoms with Crippen LogP contribution in [0.4, 0.5) is 4.39 Å². The zero-order chi connectivity index (χ0) is 19.0. The summed E-state index contributed by atoms with van der Waals surface area (Å²) in [6, 6.07) is 9.36. The molecule has 136 valence electrons. The van der Waals surface area contributed by atoms with Crippen molar-refractivity contribution in [1.82, 2.24) is 20.3 Å². The number of nitrogens with one attached hydrogen (secondary N) is 4. The van der Waals surface area contributed by atoms with Crippen LogP contribution in [0.15, 0.2) is 47.4 Å². The van der Waals surface area contributed by atoms with E-state index in [-0.39, 0.29) is 22.1 Å². The van der Waals surface area contributed by atoms with Gasteiger partial charge in [-0.15, -0.1) is 0 Å². The molecule has 0 aliphatic carbocycles. The van der Waals surface area contributed by atoms with Crippen LogP contribution in [0.25, 0.3) is 21.8 Å². The molecule has 1 amide bonds. The van der Waals surface area contributed by atoms with Gasteiger partial charge in [-0.3, -0.25) is 14.6 Å². The molecule has 2 aromatic carbocycles. The Morgan fingerprint density at radius 3 is 2.74 bits per heavy atom. The average Bonchev–Trinajstić information content (AvgIpc) is 3.03. The van der Waals surface area contributed by atoms with Crippen molar-refractivity contribution in [3.8, 4) is 0 Å². The third-order valence-electron chi connectivity index (χ3n) is 4.41. The van der Waals surface area contributed by atoms with Crippen LogP contribution >= 0.6 is 12.2 Å². The van der Waals surface area contributed by atoms with Crippen LogP contribution in [0, 0.1) is 10.6 Å². The second-order valence-corrected chi connectivity index (χ2v) is 6.59. The highest BCUT2D eigenvalue weighted by Gasteiger charge is 2.09. The minimum absolute atomic E-state index is 0.209. The molecular weight excluding hydrogens is 367 g/mol. The molecule has 0 aliphatic rings. The molecule has 8 heteroatoms. The Balaban J connectivity index is 1.48. The summed E-state index contributed by atoms with van der Waals surface area (Å²) < 4.78 is 13.5. The number of aromatic nitrogens is 3. The fourth-order valence-corrected chi connectivity index (χ4v) is 3.29. The zero-order valence-electron chi connectivity index (χ0n) is 14.1. The molecule has 0 saturated carbocycles. The van der Waals surface area contributed by atoms with Gasteiger partial charge in [-0.2, -0.15) is 0 Å². The van der Waals surface area contributed by atoms with Crippen LogP contribution in [0.2, 0.25) is 0 Å². The summed E-state index contributed by atoms with van der Waals surface area (Å²) in [7, 11) is 0. The molecule has 2 heterocycles. The standard InChI is InChI=1S/C19H15FN4O2S/c20-12-2-4-13-11(9-22-15(13)8-12)5-6-21-17(25)10-1-3-14-16(7-10)23-19(27)24-18(14)26/h1-4,7-9,22H,5-6H2,(H,21,25)(H2,23,24,26,27). The van der Waals surface area contributed by atoms with E-state index >= 15 is 0 Å². The fourth-order valence-electron chi connectivity index (χ4n) is 3.09. The molecule has 0 atom stereocenters. The zero-order valence-corrected chi connectivity index (χ0v) is 14.9. The predicted octanol–water partition coefficient (Wildman–Crippen LogP) is 3.18. The normalized spacial score (nSPS) is 11.1. The third kappa shape index (κ3) is 3.39. The van der Waals surface area contributed by atoms with Gasteiger partial charge in [-0.1, -0.05) is 0 Å². The van der Waals surface area contributed by atoms with Gasteiger partial charge in [0.2, 0.25) is 0 Å². The van der Waals surface area contributed by atoms with Crippen molar-refractivity contribution in [2.24, 2.45) is 0 Å².